The highest BCUT2D eigenvalue weighted by molar-refractivity contribution is 8.26. The lowest BCUT2D eigenvalue weighted by atomic mass is 10.2. The van der Waals surface area contributed by atoms with E-state index >= 15 is 0 Å². The zero-order chi connectivity index (χ0) is 17.8. The van der Waals surface area contributed by atoms with E-state index in [0.29, 0.717) is 14.8 Å². The number of para-hydroxylation sites is 1. The van der Waals surface area contributed by atoms with Crippen molar-refractivity contribution in [2.75, 3.05) is 7.11 Å². The summed E-state index contributed by atoms with van der Waals surface area (Å²) in [4.78, 5) is 13.0. The van der Waals surface area contributed by atoms with Crippen molar-refractivity contribution in [3.63, 3.8) is 0 Å². The summed E-state index contributed by atoms with van der Waals surface area (Å²) in [7, 11) is 1.60. The second-order valence-electron chi connectivity index (χ2n) is 5.07. The molecule has 3 rings (SSSR count). The van der Waals surface area contributed by atoms with Crippen LogP contribution in [0.2, 0.25) is 0 Å². The minimum Gasteiger partial charge on any atom is -0.507 e. The second kappa shape index (κ2) is 7.50. The molecular weight excluding hydrogens is 356 g/mol. The third kappa shape index (κ3) is 3.89. The number of aromatic hydroxyl groups is 1. The van der Waals surface area contributed by atoms with Gasteiger partial charge in [0.15, 0.2) is 4.32 Å². The van der Waals surface area contributed by atoms with Crippen LogP contribution in [0.4, 0.5) is 0 Å². The molecule has 1 fully saturated rings. The molecular formula is C18H14N2O3S2. The van der Waals surface area contributed by atoms with Gasteiger partial charge in [0.25, 0.3) is 5.91 Å². The Hall–Kier alpha value is -2.64. The average molecular weight is 370 g/mol. The van der Waals surface area contributed by atoms with E-state index in [2.05, 4.69) is 5.10 Å². The predicted octanol–water partition coefficient (Wildman–Crippen LogP) is 3.64. The number of ether oxygens (including phenoxy) is 1. The van der Waals surface area contributed by atoms with E-state index in [1.165, 1.54) is 18.0 Å². The maximum atomic E-state index is 12.5. The van der Waals surface area contributed by atoms with E-state index in [0.717, 1.165) is 16.3 Å². The monoisotopic (exact) mass is 370 g/mol. The SMILES string of the molecule is COc1ccc(C=C2SC(=S)N(N=Cc3ccccc3O)C2=O)cc1. The number of hydrogen-bond acceptors (Lipinski definition) is 6. The molecule has 0 aromatic heterocycles. The third-order valence-electron chi connectivity index (χ3n) is 3.44. The number of rotatable bonds is 4. The first-order valence-corrected chi connectivity index (χ1v) is 8.55. The number of phenolic OH excluding ortho intramolecular Hbond substituents is 1. The number of carbonyl (C=O) groups excluding carboxylic acids is 1. The Labute approximate surface area is 154 Å². The number of carbonyl (C=O) groups is 1. The number of phenols is 1. The molecule has 0 radical (unpaired) electrons. The molecule has 0 saturated carbocycles. The maximum absolute atomic E-state index is 12.5. The Kier molecular flexibility index (Phi) is 5.16. The van der Waals surface area contributed by atoms with Crippen molar-refractivity contribution in [2.24, 2.45) is 5.10 Å². The number of hydrogen-bond donors (Lipinski definition) is 1. The third-order valence-corrected chi connectivity index (χ3v) is 4.72. The fourth-order valence-electron chi connectivity index (χ4n) is 2.13. The van der Waals surface area contributed by atoms with Gasteiger partial charge in [-0.15, -0.1) is 0 Å². The van der Waals surface area contributed by atoms with Crippen LogP contribution >= 0.6 is 24.0 Å². The highest BCUT2D eigenvalue weighted by Crippen LogP contribution is 2.33. The maximum Gasteiger partial charge on any atom is 0.286 e. The van der Waals surface area contributed by atoms with Crippen LogP contribution < -0.4 is 4.74 Å². The van der Waals surface area contributed by atoms with E-state index in [1.807, 2.05) is 24.3 Å². The zero-order valence-corrected chi connectivity index (χ0v) is 14.9. The largest absolute Gasteiger partial charge is 0.507 e. The molecule has 1 amide bonds. The highest BCUT2D eigenvalue weighted by Gasteiger charge is 2.32. The summed E-state index contributed by atoms with van der Waals surface area (Å²) in [5.41, 5.74) is 1.38. The normalized spacial score (nSPS) is 16.2. The van der Waals surface area contributed by atoms with E-state index in [-0.39, 0.29) is 11.7 Å². The Morgan fingerprint density at radius 1 is 1.20 bits per heavy atom. The molecule has 1 N–H and O–H groups in total. The van der Waals surface area contributed by atoms with Gasteiger partial charge >= 0.3 is 0 Å². The number of amides is 1. The summed E-state index contributed by atoms with van der Waals surface area (Å²) in [5, 5.41) is 15.0. The lowest BCUT2D eigenvalue weighted by Gasteiger charge is -2.06. The van der Waals surface area contributed by atoms with Crippen LogP contribution in [-0.4, -0.2) is 33.7 Å². The highest BCUT2D eigenvalue weighted by atomic mass is 32.2. The van der Waals surface area contributed by atoms with Crippen LogP contribution in [-0.2, 0) is 4.79 Å². The van der Waals surface area contributed by atoms with Gasteiger partial charge in [0.05, 0.1) is 18.2 Å². The average Bonchev–Trinajstić information content (AvgIpc) is 2.88. The summed E-state index contributed by atoms with van der Waals surface area (Å²) in [6.07, 6.45) is 3.17. The lowest BCUT2D eigenvalue weighted by Crippen LogP contribution is -2.22. The molecule has 1 aliphatic rings. The first kappa shape index (κ1) is 17.2. The van der Waals surface area contributed by atoms with Crippen molar-refractivity contribution < 1.29 is 14.6 Å². The van der Waals surface area contributed by atoms with Gasteiger partial charge < -0.3 is 9.84 Å². The second-order valence-corrected chi connectivity index (χ2v) is 6.75. The first-order valence-electron chi connectivity index (χ1n) is 7.32. The van der Waals surface area contributed by atoms with Crippen LogP contribution in [0.25, 0.3) is 6.08 Å². The summed E-state index contributed by atoms with van der Waals surface area (Å²) in [5.74, 6) is 0.542. The molecule has 0 atom stereocenters. The Morgan fingerprint density at radius 3 is 2.60 bits per heavy atom. The first-order chi connectivity index (χ1) is 12.1. The van der Waals surface area contributed by atoms with Gasteiger partial charge in [0.2, 0.25) is 0 Å². The summed E-state index contributed by atoms with van der Waals surface area (Å²) in [6, 6.07) is 14.1. The van der Waals surface area contributed by atoms with E-state index in [4.69, 9.17) is 17.0 Å². The number of thioether (sulfide) groups is 1. The van der Waals surface area contributed by atoms with Gasteiger partial charge in [-0.25, -0.2) is 0 Å². The minimum atomic E-state index is -0.294. The van der Waals surface area contributed by atoms with E-state index < -0.39 is 0 Å². The summed E-state index contributed by atoms with van der Waals surface area (Å²) in [6.45, 7) is 0. The van der Waals surface area contributed by atoms with Gasteiger partial charge in [-0.05, 0) is 48.1 Å². The molecule has 0 spiro atoms. The zero-order valence-electron chi connectivity index (χ0n) is 13.2. The number of nitrogens with zero attached hydrogens (tertiary/aromatic N) is 2. The fourth-order valence-corrected chi connectivity index (χ4v) is 3.30. The molecule has 1 aliphatic heterocycles. The predicted molar refractivity (Wildman–Crippen MR) is 104 cm³/mol. The topological polar surface area (TPSA) is 62.1 Å². The molecule has 0 bridgehead atoms. The smallest absolute Gasteiger partial charge is 0.286 e. The summed E-state index contributed by atoms with van der Waals surface area (Å²) < 4.78 is 5.46. The van der Waals surface area contributed by atoms with Crippen molar-refractivity contribution in [3.8, 4) is 11.5 Å². The van der Waals surface area contributed by atoms with Gasteiger partial charge in [-0.3, -0.25) is 4.79 Å². The van der Waals surface area contributed by atoms with Gasteiger partial charge in [-0.1, -0.05) is 36.0 Å². The molecule has 0 unspecified atom stereocenters. The molecule has 2 aromatic carbocycles. The van der Waals surface area contributed by atoms with Crippen molar-refractivity contribution in [2.45, 2.75) is 0 Å². The Balaban J connectivity index is 1.80. The fraction of sp³-hybridized carbons (Fsp3) is 0.0556. The molecule has 25 heavy (non-hydrogen) atoms. The molecule has 0 aliphatic carbocycles. The Morgan fingerprint density at radius 2 is 1.92 bits per heavy atom. The standard InChI is InChI=1S/C18H14N2O3S2/c1-23-14-8-6-12(7-9-14)10-16-17(22)20(18(24)25-16)19-11-13-4-2-3-5-15(13)21/h2-11,21H,1H3. The molecule has 126 valence electrons. The van der Waals surface area contributed by atoms with Gasteiger partial charge in [0.1, 0.15) is 11.5 Å². The van der Waals surface area contributed by atoms with Crippen molar-refractivity contribution in [1.29, 1.82) is 0 Å². The molecule has 1 saturated heterocycles. The molecule has 5 nitrogen and oxygen atoms in total. The molecule has 2 aromatic rings. The van der Waals surface area contributed by atoms with E-state index in [1.54, 1.807) is 37.5 Å². The van der Waals surface area contributed by atoms with Crippen molar-refractivity contribution in [1.82, 2.24) is 5.01 Å². The van der Waals surface area contributed by atoms with Crippen LogP contribution in [0, 0.1) is 0 Å². The number of methoxy groups -OCH3 is 1. The van der Waals surface area contributed by atoms with Crippen LogP contribution in [0.1, 0.15) is 11.1 Å². The minimum absolute atomic E-state index is 0.0884. The van der Waals surface area contributed by atoms with Gasteiger partial charge in [0, 0.05) is 5.56 Å². The lowest BCUT2D eigenvalue weighted by molar-refractivity contribution is -0.122. The van der Waals surface area contributed by atoms with Crippen molar-refractivity contribution >= 4 is 46.5 Å². The quantitative estimate of drug-likeness (QED) is 0.506. The summed E-state index contributed by atoms with van der Waals surface area (Å²) >= 11 is 6.42. The molecule has 7 heteroatoms. The van der Waals surface area contributed by atoms with Crippen LogP contribution in [0.5, 0.6) is 11.5 Å². The van der Waals surface area contributed by atoms with Crippen LogP contribution in [0.15, 0.2) is 58.5 Å². The van der Waals surface area contributed by atoms with Crippen LogP contribution in [0.3, 0.4) is 0 Å². The molecule has 1 heterocycles. The number of benzene rings is 2. The Bertz CT molecular complexity index is 876. The van der Waals surface area contributed by atoms with Crippen molar-refractivity contribution in [3.05, 3.63) is 64.6 Å². The number of hydrazone groups is 1. The number of thiocarbonyl (C=S) groups is 1. The van der Waals surface area contributed by atoms with E-state index in [9.17, 15) is 9.90 Å². The van der Waals surface area contributed by atoms with Gasteiger partial charge in [-0.2, -0.15) is 10.1 Å².